The lowest BCUT2D eigenvalue weighted by Gasteiger charge is -2.30. The maximum atomic E-state index is 5.71. The molecule has 0 amide bonds. The number of para-hydroxylation sites is 2. The second kappa shape index (κ2) is 13.1. The third kappa shape index (κ3) is 4.86. The third-order valence-electron chi connectivity index (χ3n) is 13.3. The van der Waals surface area contributed by atoms with Crippen LogP contribution in [0.5, 0.6) is 0 Å². The lowest BCUT2D eigenvalue weighted by molar-refractivity contribution is 0.755. The zero-order valence-electron chi connectivity index (χ0n) is 33.3. The topological polar surface area (TPSA) is 30.7 Å². The van der Waals surface area contributed by atoms with Crippen molar-refractivity contribution in [2.45, 2.75) is 11.8 Å². The molecule has 3 nitrogen and oxygen atoms in total. The van der Waals surface area contributed by atoms with Crippen LogP contribution in [0.15, 0.2) is 212 Å². The Kier molecular flexibility index (Phi) is 7.29. The standard InChI is InChI=1S/C58H37N3/c1-2-16-39(17-3-1)57-59-52(36-41-19-14-18-38-15-4-5-20-43(38)41)55-48-34-31-40(35-51(48)58(56(55)60-57)49-25-10-6-21-44(49)45-22-7-11-26-50(45)58)37-29-32-42(33-30-37)61-53-27-12-8-23-46(53)47-24-9-13-28-54(47)61/h1-35H,36H2. The van der Waals surface area contributed by atoms with Crippen LogP contribution in [0, 0.1) is 0 Å². The maximum Gasteiger partial charge on any atom is 0.159 e. The van der Waals surface area contributed by atoms with Crippen molar-refractivity contribution in [1.29, 1.82) is 0 Å². The van der Waals surface area contributed by atoms with Crippen molar-refractivity contribution in [3.8, 4) is 50.5 Å². The quantitative estimate of drug-likeness (QED) is 0.174. The van der Waals surface area contributed by atoms with Crippen LogP contribution in [0.4, 0.5) is 0 Å². The highest BCUT2D eigenvalue weighted by molar-refractivity contribution is 6.09. The lowest BCUT2D eigenvalue weighted by Crippen LogP contribution is -2.27. The minimum Gasteiger partial charge on any atom is -0.309 e. The van der Waals surface area contributed by atoms with Gasteiger partial charge in [0.1, 0.15) is 0 Å². The van der Waals surface area contributed by atoms with Gasteiger partial charge in [-0.05, 0) is 91.2 Å². The van der Waals surface area contributed by atoms with E-state index in [9.17, 15) is 0 Å². The van der Waals surface area contributed by atoms with Gasteiger partial charge in [0.15, 0.2) is 5.82 Å². The highest BCUT2D eigenvalue weighted by Crippen LogP contribution is 2.63. The first-order chi connectivity index (χ1) is 30.3. The fraction of sp³-hybridized carbons (Fsp3) is 0.0345. The Morgan fingerprint density at radius 2 is 1.00 bits per heavy atom. The third-order valence-corrected chi connectivity index (χ3v) is 13.3. The zero-order valence-corrected chi connectivity index (χ0v) is 33.3. The first-order valence-corrected chi connectivity index (χ1v) is 21.1. The summed E-state index contributed by atoms with van der Waals surface area (Å²) < 4.78 is 2.38. The molecule has 2 aliphatic rings. The van der Waals surface area contributed by atoms with Crippen molar-refractivity contribution in [3.63, 3.8) is 0 Å². The summed E-state index contributed by atoms with van der Waals surface area (Å²) in [7, 11) is 0. The minimum absolute atomic E-state index is 0.642. The summed E-state index contributed by atoms with van der Waals surface area (Å²) in [6.45, 7) is 0. The molecule has 61 heavy (non-hydrogen) atoms. The number of aromatic nitrogens is 3. The van der Waals surface area contributed by atoms with Crippen molar-refractivity contribution in [2.75, 3.05) is 0 Å². The summed E-state index contributed by atoms with van der Waals surface area (Å²) in [6, 6.07) is 77.4. The van der Waals surface area contributed by atoms with E-state index in [1.807, 2.05) is 0 Å². The molecule has 13 rings (SSSR count). The largest absolute Gasteiger partial charge is 0.309 e. The molecule has 284 valence electrons. The van der Waals surface area contributed by atoms with E-state index in [4.69, 9.17) is 9.97 Å². The molecule has 3 heteroatoms. The predicted octanol–water partition coefficient (Wildman–Crippen LogP) is 14.0. The summed E-state index contributed by atoms with van der Waals surface area (Å²) in [6.07, 6.45) is 0.677. The highest BCUT2D eigenvalue weighted by Gasteiger charge is 2.54. The number of hydrogen-bond acceptors (Lipinski definition) is 2. The molecule has 0 atom stereocenters. The number of benzene rings is 9. The SMILES string of the molecule is c1ccc(-c2nc(Cc3cccc4ccccc34)c3c(n2)C2(c4ccccc4-c4ccccc42)c2cc(-c4ccc(-n5c6ccccc6c6ccccc65)cc4)ccc2-3)cc1. The molecule has 0 aliphatic heterocycles. The smallest absolute Gasteiger partial charge is 0.159 e. The van der Waals surface area contributed by atoms with Gasteiger partial charge in [0.05, 0.1) is 27.8 Å². The van der Waals surface area contributed by atoms with Crippen LogP contribution >= 0.6 is 0 Å². The predicted molar refractivity (Wildman–Crippen MR) is 250 cm³/mol. The number of fused-ring (bicyclic) bond motifs is 14. The van der Waals surface area contributed by atoms with E-state index < -0.39 is 5.41 Å². The molecule has 2 heterocycles. The van der Waals surface area contributed by atoms with E-state index in [-0.39, 0.29) is 0 Å². The van der Waals surface area contributed by atoms with E-state index >= 15 is 0 Å². The molecule has 0 N–H and O–H groups in total. The maximum absolute atomic E-state index is 5.71. The van der Waals surface area contributed by atoms with Gasteiger partial charge >= 0.3 is 0 Å². The monoisotopic (exact) mass is 775 g/mol. The Hall–Kier alpha value is -7.88. The molecule has 2 aromatic heterocycles. The Morgan fingerprint density at radius 1 is 0.410 bits per heavy atom. The molecule has 0 radical (unpaired) electrons. The molecule has 0 saturated carbocycles. The van der Waals surface area contributed by atoms with Gasteiger partial charge in [0.2, 0.25) is 0 Å². The summed E-state index contributed by atoms with van der Waals surface area (Å²) in [5.74, 6) is 0.754. The fourth-order valence-corrected chi connectivity index (χ4v) is 10.7. The Balaban J connectivity index is 1.05. The van der Waals surface area contributed by atoms with Crippen molar-refractivity contribution < 1.29 is 0 Å². The van der Waals surface area contributed by atoms with Crippen molar-refractivity contribution in [2.24, 2.45) is 0 Å². The van der Waals surface area contributed by atoms with Gasteiger partial charge in [-0.15, -0.1) is 0 Å². The van der Waals surface area contributed by atoms with Crippen LogP contribution in [-0.2, 0) is 11.8 Å². The normalized spacial score (nSPS) is 13.1. The van der Waals surface area contributed by atoms with Crippen LogP contribution in [-0.4, -0.2) is 14.5 Å². The minimum atomic E-state index is -0.642. The van der Waals surface area contributed by atoms with Crippen LogP contribution in [0.2, 0.25) is 0 Å². The van der Waals surface area contributed by atoms with E-state index in [0.717, 1.165) is 34.0 Å². The Morgan fingerprint density at radius 3 is 1.72 bits per heavy atom. The van der Waals surface area contributed by atoms with Gasteiger partial charge in [-0.1, -0.05) is 182 Å². The van der Waals surface area contributed by atoms with E-state index in [1.165, 1.54) is 82.6 Å². The Labute approximate surface area is 353 Å². The zero-order chi connectivity index (χ0) is 40.1. The number of rotatable bonds is 5. The number of hydrogen-bond donors (Lipinski definition) is 0. The summed E-state index contributed by atoms with van der Waals surface area (Å²) in [5.41, 5.74) is 18.3. The molecular formula is C58H37N3. The van der Waals surface area contributed by atoms with Crippen molar-refractivity contribution in [3.05, 3.63) is 246 Å². The van der Waals surface area contributed by atoms with Gasteiger partial charge in [-0.3, -0.25) is 0 Å². The van der Waals surface area contributed by atoms with Gasteiger partial charge in [-0.25, -0.2) is 9.97 Å². The summed E-state index contributed by atoms with van der Waals surface area (Å²) in [4.78, 5) is 11.2. The van der Waals surface area contributed by atoms with Crippen LogP contribution in [0.3, 0.4) is 0 Å². The van der Waals surface area contributed by atoms with Gasteiger partial charge in [-0.2, -0.15) is 0 Å². The average molecular weight is 776 g/mol. The van der Waals surface area contributed by atoms with E-state index in [0.29, 0.717) is 6.42 Å². The molecule has 2 aliphatic carbocycles. The highest BCUT2D eigenvalue weighted by atomic mass is 15.0. The van der Waals surface area contributed by atoms with E-state index in [1.54, 1.807) is 0 Å². The fourth-order valence-electron chi connectivity index (χ4n) is 10.7. The van der Waals surface area contributed by atoms with Crippen LogP contribution < -0.4 is 0 Å². The molecule has 0 bridgehead atoms. The second-order valence-corrected chi connectivity index (χ2v) is 16.4. The molecular weight excluding hydrogens is 739 g/mol. The van der Waals surface area contributed by atoms with Crippen LogP contribution in [0.1, 0.15) is 33.6 Å². The second-order valence-electron chi connectivity index (χ2n) is 16.4. The molecule has 1 spiro atoms. The van der Waals surface area contributed by atoms with Crippen LogP contribution in [0.25, 0.3) is 83.0 Å². The lowest BCUT2D eigenvalue weighted by atomic mass is 9.72. The molecule has 9 aromatic carbocycles. The summed E-state index contributed by atoms with van der Waals surface area (Å²) in [5, 5.41) is 5.02. The van der Waals surface area contributed by atoms with E-state index in [2.05, 4.69) is 217 Å². The number of nitrogens with zero attached hydrogens (tertiary/aromatic N) is 3. The van der Waals surface area contributed by atoms with Gasteiger partial charge < -0.3 is 4.57 Å². The first-order valence-electron chi connectivity index (χ1n) is 21.1. The molecule has 0 saturated heterocycles. The summed E-state index contributed by atoms with van der Waals surface area (Å²) >= 11 is 0. The molecule has 0 unspecified atom stereocenters. The molecule has 11 aromatic rings. The average Bonchev–Trinajstić information content (AvgIpc) is 3.94. The molecule has 0 fully saturated rings. The van der Waals surface area contributed by atoms with Crippen molar-refractivity contribution >= 4 is 32.6 Å². The van der Waals surface area contributed by atoms with Gasteiger partial charge in [0.25, 0.3) is 0 Å². The van der Waals surface area contributed by atoms with Crippen molar-refractivity contribution in [1.82, 2.24) is 14.5 Å². The van der Waals surface area contributed by atoms with Gasteiger partial charge in [0, 0.05) is 34.0 Å². The Bertz CT molecular complexity index is 3460. The first kappa shape index (κ1) is 34.0.